The standard InChI is InChI=1S/C16H22N2O3/c1-5-19-13-7-8-16(20-6-2)15(10-13)17-12(4)14-9-11(3)21-18-14/h7-10,12,17H,5-6H2,1-4H3/t12-/m1/s1. The van der Waals surface area contributed by atoms with Crippen LogP contribution in [0.25, 0.3) is 0 Å². The molecule has 1 N–H and O–H groups in total. The first-order chi connectivity index (χ1) is 10.1. The number of anilines is 1. The Morgan fingerprint density at radius 3 is 2.57 bits per heavy atom. The number of ether oxygens (including phenoxy) is 2. The minimum absolute atomic E-state index is 0.0125. The summed E-state index contributed by atoms with van der Waals surface area (Å²) in [6.45, 7) is 9.07. The Morgan fingerprint density at radius 2 is 1.95 bits per heavy atom. The fourth-order valence-corrected chi connectivity index (χ4v) is 2.06. The van der Waals surface area contributed by atoms with Gasteiger partial charge in [0.1, 0.15) is 23.0 Å². The maximum Gasteiger partial charge on any atom is 0.142 e. The highest BCUT2D eigenvalue weighted by Gasteiger charge is 2.13. The summed E-state index contributed by atoms with van der Waals surface area (Å²) in [6.07, 6.45) is 0. The lowest BCUT2D eigenvalue weighted by atomic mass is 10.2. The van der Waals surface area contributed by atoms with Crippen molar-refractivity contribution in [3.63, 3.8) is 0 Å². The number of hydrogen-bond acceptors (Lipinski definition) is 5. The molecule has 2 rings (SSSR count). The van der Waals surface area contributed by atoms with Crippen LogP contribution in [-0.2, 0) is 0 Å². The van der Waals surface area contributed by atoms with Crippen LogP contribution in [0, 0.1) is 6.92 Å². The van der Waals surface area contributed by atoms with Gasteiger partial charge in [-0.3, -0.25) is 0 Å². The maximum absolute atomic E-state index is 5.65. The van der Waals surface area contributed by atoms with Gasteiger partial charge in [0.05, 0.1) is 24.9 Å². The number of aryl methyl sites for hydroxylation is 1. The lowest BCUT2D eigenvalue weighted by molar-refractivity contribution is 0.331. The molecule has 0 aliphatic heterocycles. The average Bonchev–Trinajstić information content (AvgIpc) is 2.89. The van der Waals surface area contributed by atoms with Crippen LogP contribution in [-0.4, -0.2) is 18.4 Å². The van der Waals surface area contributed by atoms with E-state index >= 15 is 0 Å². The van der Waals surface area contributed by atoms with Gasteiger partial charge in [-0.05, 0) is 39.8 Å². The van der Waals surface area contributed by atoms with Gasteiger partial charge < -0.3 is 19.3 Å². The highest BCUT2D eigenvalue weighted by Crippen LogP contribution is 2.32. The summed E-state index contributed by atoms with van der Waals surface area (Å²) in [5.74, 6) is 2.41. The van der Waals surface area contributed by atoms with E-state index in [0.717, 1.165) is 28.6 Å². The Morgan fingerprint density at radius 1 is 1.19 bits per heavy atom. The molecule has 1 atom stereocenters. The third-order valence-corrected chi connectivity index (χ3v) is 3.02. The van der Waals surface area contributed by atoms with Gasteiger partial charge in [0, 0.05) is 12.1 Å². The van der Waals surface area contributed by atoms with Crippen LogP contribution in [0.2, 0.25) is 0 Å². The fourth-order valence-electron chi connectivity index (χ4n) is 2.06. The third kappa shape index (κ3) is 3.90. The second-order valence-corrected chi connectivity index (χ2v) is 4.75. The van der Waals surface area contributed by atoms with E-state index < -0.39 is 0 Å². The number of nitrogens with one attached hydrogen (secondary N) is 1. The summed E-state index contributed by atoms with van der Waals surface area (Å²) >= 11 is 0. The van der Waals surface area contributed by atoms with Gasteiger partial charge >= 0.3 is 0 Å². The Bertz CT molecular complexity index is 581. The normalized spacial score (nSPS) is 12.0. The molecule has 1 heterocycles. The van der Waals surface area contributed by atoms with Crippen LogP contribution in [0.4, 0.5) is 5.69 Å². The third-order valence-electron chi connectivity index (χ3n) is 3.02. The van der Waals surface area contributed by atoms with Gasteiger partial charge in [-0.25, -0.2) is 0 Å². The molecule has 5 nitrogen and oxygen atoms in total. The van der Waals surface area contributed by atoms with Crippen LogP contribution in [0.5, 0.6) is 11.5 Å². The molecule has 0 bridgehead atoms. The van der Waals surface area contributed by atoms with E-state index in [9.17, 15) is 0 Å². The van der Waals surface area contributed by atoms with E-state index in [1.165, 1.54) is 0 Å². The summed E-state index contributed by atoms with van der Waals surface area (Å²) in [4.78, 5) is 0. The first-order valence-electron chi connectivity index (χ1n) is 7.23. The quantitative estimate of drug-likeness (QED) is 0.836. The molecular formula is C16H22N2O3. The molecular weight excluding hydrogens is 268 g/mol. The Kier molecular flexibility index (Phi) is 5.09. The Hall–Kier alpha value is -2.17. The van der Waals surface area contributed by atoms with Crippen molar-refractivity contribution in [2.45, 2.75) is 33.7 Å². The van der Waals surface area contributed by atoms with E-state index in [2.05, 4.69) is 10.5 Å². The van der Waals surface area contributed by atoms with Crippen molar-refractivity contribution in [2.75, 3.05) is 18.5 Å². The first kappa shape index (κ1) is 15.2. The number of rotatable bonds is 7. The maximum atomic E-state index is 5.65. The predicted octanol–water partition coefficient (Wildman–Crippen LogP) is 3.95. The molecule has 0 saturated carbocycles. The Balaban J connectivity index is 2.21. The monoisotopic (exact) mass is 290 g/mol. The van der Waals surface area contributed by atoms with E-state index in [4.69, 9.17) is 14.0 Å². The molecule has 0 radical (unpaired) electrons. The number of benzene rings is 1. The van der Waals surface area contributed by atoms with Gasteiger partial charge in [0.2, 0.25) is 0 Å². The summed E-state index contributed by atoms with van der Waals surface area (Å²) in [5, 5.41) is 7.43. The lowest BCUT2D eigenvalue weighted by Crippen LogP contribution is -2.09. The zero-order chi connectivity index (χ0) is 15.2. The fraction of sp³-hybridized carbons (Fsp3) is 0.438. The number of hydrogen-bond donors (Lipinski definition) is 1. The zero-order valence-electron chi connectivity index (χ0n) is 13.0. The van der Waals surface area contributed by atoms with Gasteiger partial charge in [-0.15, -0.1) is 0 Å². The highest BCUT2D eigenvalue weighted by molar-refractivity contribution is 5.60. The Labute approximate surface area is 125 Å². The molecule has 0 spiro atoms. The molecule has 0 aliphatic rings. The van der Waals surface area contributed by atoms with Gasteiger partial charge in [-0.2, -0.15) is 0 Å². The summed E-state index contributed by atoms with van der Waals surface area (Å²) < 4.78 is 16.3. The number of aromatic nitrogens is 1. The molecule has 0 saturated heterocycles. The van der Waals surface area contributed by atoms with E-state index in [1.807, 2.05) is 52.0 Å². The predicted molar refractivity (Wildman–Crippen MR) is 82.1 cm³/mol. The molecule has 0 amide bonds. The second kappa shape index (κ2) is 7.02. The van der Waals surface area contributed by atoms with Gasteiger partial charge in [0.15, 0.2) is 0 Å². The first-order valence-corrected chi connectivity index (χ1v) is 7.23. The molecule has 21 heavy (non-hydrogen) atoms. The van der Waals surface area contributed by atoms with Crippen LogP contribution in [0.1, 0.15) is 38.3 Å². The molecule has 1 aromatic heterocycles. The van der Waals surface area contributed by atoms with Crippen molar-refractivity contribution in [3.05, 3.63) is 35.7 Å². The summed E-state index contributed by atoms with van der Waals surface area (Å²) in [5.41, 5.74) is 1.74. The minimum Gasteiger partial charge on any atom is -0.494 e. The minimum atomic E-state index is 0.0125. The van der Waals surface area contributed by atoms with E-state index in [1.54, 1.807) is 0 Å². The molecule has 5 heteroatoms. The zero-order valence-corrected chi connectivity index (χ0v) is 13.0. The second-order valence-electron chi connectivity index (χ2n) is 4.75. The van der Waals surface area contributed by atoms with Crippen LogP contribution in [0.3, 0.4) is 0 Å². The largest absolute Gasteiger partial charge is 0.494 e. The van der Waals surface area contributed by atoms with Crippen LogP contribution < -0.4 is 14.8 Å². The van der Waals surface area contributed by atoms with Crippen molar-refractivity contribution in [3.8, 4) is 11.5 Å². The van der Waals surface area contributed by atoms with Crippen molar-refractivity contribution in [1.29, 1.82) is 0 Å². The van der Waals surface area contributed by atoms with E-state index in [-0.39, 0.29) is 6.04 Å². The van der Waals surface area contributed by atoms with Crippen LogP contribution >= 0.6 is 0 Å². The summed E-state index contributed by atoms with van der Waals surface area (Å²) in [7, 11) is 0. The van der Waals surface area contributed by atoms with E-state index in [0.29, 0.717) is 13.2 Å². The van der Waals surface area contributed by atoms with Gasteiger partial charge in [0.25, 0.3) is 0 Å². The molecule has 114 valence electrons. The molecule has 1 aromatic carbocycles. The van der Waals surface area contributed by atoms with Crippen LogP contribution in [0.15, 0.2) is 28.8 Å². The SMILES string of the molecule is CCOc1ccc(OCC)c(N[C@H](C)c2cc(C)on2)c1. The van der Waals surface area contributed by atoms with Crippen molar-refractivity contribution in [2.24, 2.45) is 0 Å². The molecule has 2 aromatic rings. The van der Waals surface area contributed by atoms with Crippen molar-refractivity contribution >= 4 is 5.69 Å². The topological polar surface area (TPSA) is 56.5 Å². The smallest absolute Gasteiger partial charge is 0.142 e. The lowest BCUT2D eigenvalue weighted by Gasteiger charge is -2.17. The van der Waals surface area contributed by atoms with Gasteiger partial charge in [-0.1, -0.05) is 5.16 Å². The highest BCUT2D eigenvalue weighted by atomic mass is 16.5. The summed E-state index contributed by atoms with van der Waals surface area (Å²) in [6, 6.07) is 7.70. The molecule has 0 unspecified atom stereocenters. The van der Waals surface area contributed by atoms with Crippen molar-refractivity contribution in [1.82, 2.24) is 5.16 Å². The average molecular weight is 290 g/mol. The van der Waals surface area contributed by atoms with Crippen molar-refractivity contribution < 1.29 is 14.0 Å². The molecule has 0 fully saturated rings. The number of nitrogens with zero attached hydrogens (tertiary/aromatic N) is 1. The molecule has 0 aliphatic carbocycles.